The summed E-state index contributed by atoms with van der Waals surface area (Å²) in [5.74, 6) is -3.46. The van der Waals surface area contributed by atoms with Crippen molar-refractivity contribution in [2.45, 2.75) is 44.6 Å². The van der Waals surface area contributed by atoms with E-state index in [2.05, 4.69) is 10.6 Å². The van der Waals surface area contributed by atoms with E-state index in [1.54, 1.807) is 48.5 Å². The average molecular weight is 476 g/mol. The fourth-order valence-corrected chi connectivity index (χ4v) is 2.93. The number of hydrogen-bond donors (Lipinski definition) is 5. The van der Waals surface area contributed by atoms with Gasteiger partial charge in [-0.05, 0) is 35.2 Å². The SMILES string of the molecule is O=C(O)CCC(NC(=O)NC(Cc1ccc(OCc2ccc(CF)cc2)cc1)C(=O)O)C(=O)O. The van der Waals surface area contributed by atoms with Crippen molar-refractivity contribution in [3.8, 4) is 5.75 Å². The van der Waals surface area contributed by atoms with Crippen molar-refractivity contribution in [1.29, 1.82) is 0 Å². The van der Waals surface area contributed by atoms with Gasteiger partial charge in [-0.3, -0.25) is 4.79 Å². The van der Waals surface area contributed by atoms with E-state index in [4.69, 9.17) is 14.9 Å². The summed E-state index contributed by atoms with van der Waals surface area (Å²) in [7, 11) is 0. The Morgan fingerprint density at radius 2 is 1.32 bits per heavy atom. The predicted molar refractivity (Wildman–Crippen MR) is 117 cm³/mol. The smallest absolute Gasteiger partial charge is 0.326 e. The zero-order valence-electron chi connectivity index (χ0n) is 18.1. The molecule has 2 rings (SSSR count). The monoisotopic (exact) mass is 476 g/mol. The molecule has 0 spiro atoms. The summed E-state index contributed by atoms with van der Waals surface area (Å²) < 4.78 is 18.2. The highest BCUT2D eigenvalue weighted by Crippen LogP contribution is 2.16. The Hall–Kier alpha value is -4.15. The van der Waals surface area contributed by atoms with Gasteiger partial charge in [0.2, 0.25) is 0 Å². The molecular weight excluding hydrogens is 451 g/mol. The molecule has 2 aromatic rings. The van der Waals surface area contributed by atoms with Crippen LogP contribution in [0.2, 0.25) is 0 Å². The molecule has 182 valence electrons. The Morgan fingerprint density at radius 1 is 0.794 bits per heavy atom. The second-order valence-corrected chi connectivity index (χ2v) is 7.42. The molecular formula is C23H25FN2O8. The second-order valence-electron chi connectivity index (χ2n) is 7.42. The number of carboxylic acids is 3. The summed E-state index contributed by atoms with van der Waals surface area (Å²) in [4.78, 5) is 45.5. The van der Waals surface area contributed by atoms with E-state index >= 15 is 0 Å². The number of urea groups is 1. The second kappa shape index (κ2) is 12.8. The van der Waals surface area contributed by atoms with Crippen LogP contribution in [0.4, 0.5) is 9.18 Å². The molecule has 5 N–H and O–H groups in total. The van der Waals surface area contributed by atoms with Gasteiger partial charge < -0.3 is 30.7 Å². The van der Waals surface area contributed by atoms with E-state index < -0.39 is 49.1 Å². The maximum absolute atomic E-state index is 12.6. The quantitative estimate of drug-likeness (QED) is 0.294. The highest BCUT2D eigenvalue weighted by atomic mass is 19.1. The molecule has 0 aliphatic heterocycles. The van der Waals surface area contributed by atoms with Crippen LogP contribution in [0.1, 0.15) is 29.5 Å². The fraction of sp³-hybridized carbons (Fsp3) is 0.304. The molecule has 0 saturated carbocycles. The number of carbonyl (C=O) groups is 4. The first kappa shape index (κ1) is 26.1. The lowest BCUT2D eigenvalue weighted by molar-refractivity contribution is -0.140. The molecule has 0 aliphatic rings. The first-order valence-corrected chi connectivity index (χ1v) is 10.3. The predicted octanol–water partition coefficient (Wildman–Crippen LogP) is 2.35. The Labute approximate surface area is 194 Å². The number of amides is 2. The van der Waals surface area contributed by atoms with Crippen LogP contribution < -0.4 is 15.4 Å². The van der Waals surface area contributed by atoms with E-state index in [1.165, 1.54) is 0 Å². The molecule has 34 heavy (non-hydrogen) atoms. The Morgan fingerprint density at radius 3 is 1.85 bits per heavy atom. The molecule has 2 amide bonds. The van der Waals surface area contributed by atoms with Crippen molar-refractivity contribution in [1.82, 2.24) is 10.6 Å². The van der Waals surface area contributed by atoms with Crippen molar-refractivity contribution in [3.05, 3.63) is 65.2 Å². The van der Waals surface area contributed by atoms with Gasteiger partial charge in [-0.25, -0.2) is 18.8 Å². The van der Waals surface area contributed by atoms with Gasteiger partial charge in [0.1, 0.15) is 31.1 Å². The van der Waals surface area contributed by atoms with Crippen LogP contribution in [0, 0.1) is 0 Å². The molecule has 2 aromatic carbocycles. The fourth-order valence-electron chi connectivity index (χ4n) is 2.93. The molecule has 10 nitrogen and oxygen atoms in total. The maximum atomic E-state index is 12.6. The van der Waals surface area contributed by atoms with Crippen molar-refractivity contribution < 1.29 is 43.6 Å². The standard InChI is InChI=1S/C23H25FN2O8/c24-12-15-1-3-16(4-2-15)13-34-17-7-5-14(6-8-17)11-19(22(31)32)26-23(33)25-18(21(29)30)9-10-20(27)28/h1-8,18-19H,9-13H2,(H,27,28)(H,29,30)(H,31,32)(H2,25,26,33). The van der Waals surface area contributed by atoms with Crippen LogP contribution in [-0.2, 0) is 34.1 Å². The summed E-state index contributed by atoms with van der Waals surface area (Å²) in [6.07, 6.45) is -0.908. The Bertz CT molecular complexity index is 995. The van der Waals surface area contributed by atoms with Gasteiger partial charge in [0.25, 0.3) is 0 Å². The van der Waals surface area contributed by atoms with E-state index in [0.717, 1.165) is 5.56 Å². The molecule has 0 bridgehead atoms. The van der Waals surface area contributed by atoms with Crippen molar-refractivity contribution in [3.63, 3.8) is 0 Å². The van der Waals surface area contributed by atoms with E-state index in [9.17, 15) is 28.7 Å². The van der Waals surface area contributed by atoms with Gasteiger partial charge in [-0.15, -0.1) is 0 Å². The minimum Gasteiger partial charge on any atom is -0.489 e. The number of rotatable bonds is 13. The minimum atomic E-state index is -1.48. The summed E-state index contributed by atoms with van der Waals surface area (Å²) >= 11 is 0. The molecule has 0 saturated heterocycles. The normalized spacial score (nSPS) is 12.3. The lowest BCUT2D eigenvalue weighted by Crippen LogP contribution is -2.51. The number of aliphatic carboxylic acids is 3. The third-order valence-corrected chi connectivity index (χ3v) is 4.80. The van der Waals surface area contributed by atoms with Gasteiger partial charge in [0, 0.05) is 12.8 Å². The lowest BCUT2D eigenvalue weighted by Gasteiger charge is -2.18. The summed E-state index contributed by atoms with van der Waals surface area (Å²) in [5.41, 5.74) is 2.00. The summed E-state index contributed by atoms with van der Waals surface area (Å²) in [6, 6.07) is 9.51. The molecule has 0 radical (unpaired) electrons. The first-order chi connectivity index (χ1) is 16.2. The van der Waals surface area contributed by atoms with Gasteiger partial charge in [0.05, 0.1) is 0 Å². The number of benzene rings is 2. The highest BCUT2D eigenvalue weighted by molar-refractivity contribution is 5.86. The number of nitrogens with one attached hydrogen (secondary N) is 2. The van der Waals surface area contributed by atoms with Crippen LogP contribution in [0.5, 0.6) is 5.75 Å². The van der Waals surface area contributed by atoms with Gasteiger partial charge >= 0.3 is 23.9 Å². The number of carboxylic acid groups (broad SMARTS) is 3. The average Bonchev–Trinajstić information content (AvgIpc) is 2.80. The van der Waals surface area contributed by atoms with Crippen LogP contribution >= 0.6 is 0 Å². The number of hydrogen-bond acceptors (Lipinski definition) is 5. The van der Waals surface area contributed by atoms with Crippen molar-refractivity contribution >= 4 is 23.9 Å². The molecule has 0 heterocycles. The number of ether oxygens (including phenoxy) is 1. The molecule has 0 fully saturated rings. The number of carbonyl (C=O) groups excluding carboxylic acids is 1. The van der Waals surface area contributed by atoms with Gasteiger partial charge in [-0.1, -0.05) is 36.4 Å². The molecule has 2 atom stereocenters. The topological polar surface area (TPSA) is 162 Å². The zero-order chi connectivity index (χ0) is 25.1. The van der Waals surface area contributed by atoms with Crippen molar-refractivity contribution in [2.75, 3.05) is 0 Å². The van der Waals surface area contributed by atoms with Crippen LogP contribution in [-0.4, -0.2) is 51.3 Å². The summed E-state index contributed by atoms with van der Waals surface area (Å²) in [5, 5.41) is 31.5. The molecule has 2 unspecified atom stereocenters. The number of halogens is 1. The Kier molecular flexibility index (Phi) is 9.81. The summed E-state index contributed by atoms with van der Waals surface area (Å²) in [6.45, 7) is -0.278. The largest absolute Gasteiger partial charge is 0.489 e. The van der Waals surface area contributed by atoms with Crippen LogP contribution in [0.3, 0.4) is 0 Å². The van der Waals surface area contributed by atoms with Gasteiger partial charge in [-0.2, -0.15) is 0 Å². The zero-order valence-corrected chi connectivity index (χ0v) is 18.1. The highest BCUT2D eigenvalue weighted by Gasteiger charge is 2.25. The minimum absolute atomic E-state index is 0.0827. The van der Waals surface area contributed by atoms with E-state index in [-0.39, 0.29) is 19.4 Å². The third kappa shape index (κ3) is 8.77. The van der Waals surface area contributed by atoms with Crippen LogP contribution in [0.25, 0.3) is 0 Å². The Balaban J connectivity index is 1.91. The van der Waals surface area contributed by atoms with Gasteiger partial charge in [0.15, 0.2) is 0 Å². The van der Waals surface area contributed by atoms with Crippen molar-refractivity contribution in [2.24, 2.45) is 0 Å². The molecule has 0 aliphatic carbocycles. The van der Waals surface area contributed by atoms with E-state index in [0.29, 0.717) is 16.9 Å². The molecule has 0 aromatic heterocycles. The lowest BCUT2D eigenvalue weighted by atomic mass is 10.1. The van der Waals surface area contributed by atoms with E-state index in [1.807, 2.05) is 0 Å². The van der Waals surface area contributed by atoms with Crippen LogP contribution in [0.15, 0.2) is 48.5 Å². The maximum Gasteiger partial charge on any atom is 0.326 e. The first-order valence-electron chi connectivity index (χ1n) is 10.3. The molecule has 11 heteroatoms. The number of alkyl halides is 1. The third-order valence-electron chi connectivity index (χ3n) is 4.80.